The zero-order chi connectivity index (χ0) is 41.7. The molecule has 4 aliphatic rings. The summed E-state index contributed by atoms with van der Waals surface area (Å²) in [4.78, 5) is 65.6. The number of hydrogen-bond donors (Lipinski definition) is 4. The summed E-state index contributed by atoms with van der Waals surface area (Å²) in [6.45, 7) is 8.17. The number of H-pyrrole nitrogens is 1. The van der Waals surface area contributed by atoms with Gasteiger partial charge >= 0.3 is 0 Å². The average molecular weight is 803 g/mol. The summed E-state index contributed by atoms with van der Waals surface area (Å²) in [7, 11) is 1.59. The van der Waals surface area contributed by atoms with Gasteiger partial charge in [-0.25, -0.2) is 0 Å². The molecule has 3 amide bonds. The van der Waals surface area contributed by atoms with Crippen LogP contribution in [0.25, 0.3) is 10.9 Å². The minimum absolute atomic E-state index is 0.00292. The molecule has 3 fully saturated rings. The van der Waals surface area contributed by atoms with Crippen molar-refractivity contribution in [2.24, 2.45) is 11.7 Å². The Kier molecular flexibility index (Phi) is 14.7. The number of hydrogen-bond acceptors (Lipinski definition) is 10. The molecule has 59 heavy (non-hydrogen) atoms. The Bertz CT molecular complexity index is 2200. The molecule has 0 radical (unpaired) electrons. The number of unbranched alkanes of at least 4 members (excludes halogenated alkanes) is 1. The number of carbonyl (C=O) groups is 4. The van der Waals surface area contributed by atoms with Crippen molar-refractivity contribution in [2.45, 2.75) is 64.0 Å². The van der Waals surface area contributed by atoms with E-state index in [1.54, 1.807) is 25.4 Å². The number of ether oxygens (including phenoxy) is 1. The largest absolute Gasteiger partial charge is 0.490 e. The van der Waals surface area contributed by atoms with Gasteiger partial charge in [0.1, 0.15) is 18.1 Å². The number of nitrogens with two attached hydrogens (primary N) is 1. The summed E-state index contributed by atoms with van der Waals surface area (Å²) in [5.74, 6) is 0.982. The van der Waals surface area contributed by atoms with Gasteiger partial charge in [-0.3, -0.25) is 24.1 Å². The fourth-order valence-electron chi connectivity index (χ4n) is 7.77. The van der Waals surface area contributed by atoms with Crippen LogP contribution in [0.4, 0.5) is 11.4 Å². The fraction of sp³-hybridized carbons (Fsp3) is 0.422. The predicted octanol–water partition coefficient (Wildman–Crippen LogP) is 4.50. The number of amides is 3. The van der Waals surface area contributed by atoms with Gasteiger partial charge in [0.05, 0.1) is 22.6 Å². The Labute approximate surface area is 344 Å². The lowest BCUT2D eigenvalue weighted by atomic mass is 9.95. The molecular formula is C45H54N8O6. The third-order valence-corrected chi connectivity index (χ3v) is 11.5. The number of anilines is 2. The quantitative estimate of drug-likeness (QED) is 0.124. The van der Waals surface area contributed by atoms with Crippen LogP contribution >= 0.6 is 0 Å². The van der Waals surface area contributed by atoms with E-state index in [0.29, 0.717) is 53.6 Å². The molecule has 14 heteroatoms. The Hall–Kier alpha value is -6.20. The summed E-state index contributed by atoms with van der Waals surface area (Å²) < 4.78 is 5.81. The van der Waals surface area contributed by atoms with E-state index in [-0.39, 0.29) is 29.3 Å². The van der Waals surface area contributed by atoms with Crippen molar-refractivity contribution in [2.75, 3.05) is 62.7 Å². The third kappa shape index (κ3) is 11.1. The van der Waals surface area contributed by atoms with Crippen LogP contribution in [-0.4, -0.2) is 92.9 Å². The lowest BCUT2D eigenvalue weighted by Crippen LogP contribution is -2.49. The van der Waals surface area contributed by atoms with Gasteiger partial charge in [0.2, 0.25) is 11.8 Å². The number of piperazine rings is 1. The molecule has 3 aliphatic heterocycles. The summed E-state index contributed by atoms with van der Waals surface area (Å²) in [6.07, 6.45) is 9.81. The highest BCUT2D eigenvalue weighted by molar-refractivity contribution is 5.98. The van der Waals surface area contributed by atoms with E-state index in [9.17, 15) is 24.0 Å². The molecule has 0 unspecified atom stereocenters. The van der Waals surface area contributed by atoms with Crippen LogP contribution in [0.2, 0.25) is 0 Å². The van der Waals surface area contributed by atoms with E-state index in [1.165, 1.54) is 43.2 Å². The number of piperidine rings is 1. The predicted molar refractivity (Wildman–Crippen MR) is 228 cm³/mol. The van der Waals surface area contributed by atoms with Gasteiger partial charge in [-0.1, -0.05) is 0 Å². The van der Waals surface area contributed by atoms with Crippen molar-refractivity contribution in [1.29, 1.82) is 5.26 Å². The van der Waals surface area contributed by atoms with Gasteiger partial charge in [0, 0.05) is 107 Å². The molecule has 1 aliphatic carbocycles. The minimum Gasteiger partial charge on any atom is -0.490 e. The third-order valence-electron chi connectivity index (χ3n) is 11.5. The van der Waals surface area contributed by atoms with Crippen LogP contribution in [0.3, 0.4) is 0 Å². The SMILES string of the molecule is CNC(=O)CCCC=O.N#Cc1ccc(OC2CCC2)c2c(=O)cc[nH]c12.NC(=O)c1ccc(N2CCC(CN3CCN(c4ccc5c(c4)CNC5=O)CC3)CC2)cc1. The van der Waals surface area contributed by atoms with E-state index >= 15 is 0 Å². The molecule has 310 valence electrons. The average Bonchev–Trinajstić information content (AvgIpc) is 3.62. The Balaban J connectivity index is 0.000000181. The number of aldehydes is 1. The Morgan fingerprint density at radius 1 is 0.932 bits per heavy atom. The van der Waals surface area contributed by atoms with Crippen molar-refractivity contribution in [3.05, 3.63) is 99.3 Å². The highest BCUT2D eigenvalue weighted by Crippen LogP contribution is 2.30. The van der Waals surface area contributed by atoms with E-state index in [0.717, 1.165) is 75.4 Å². The number of rotatable bonds is 11. The first kappa shape index (κ1) is 42.4. The molecule has 8 rings (SSSR count). The number of nitriles is 1. The van der Waals surface area contributed by atoms with Crippen LogP contribution in [0, 0.1) is 17.2 Å². The number of aromatic nitrogens is 1. The Morgan fingerprint density at radius 3 is 2.29 bits per heavy atom. The van der Waals surface area contributed by atoms with Crippen molar-refractivity contribution in [3.8, 4) is 11.8 Å². The van der Waals surface area contributed by atoms with Crippen molar-refractivity contribution in [1.82, 2.24) is 20.5 Å². The zero-order valence-corrected chi connectivity index (χ0v) is 33.7. The van der Waals surface area contributed by atoms with Crippen LogP contribution < -0.4 is 36.3 Å². The van der Waals surface area contributed by atoms with Crippen molar-refractivity contribution in [3.63, 3.8) is 0 Å². The molecule has 1 aromatic heterocycles. The fourth-order valence-corrected chi connectivity index (χ4v) is 7.77. The second kappa shape index (κ2) is 20.5. The van der Waals surface area contributed by atoms with Gasteiger partial charge in [0.15, 0.2) is 5.43 Å². The molecule has 4 aromatic rings. The van der Waals surface area contributed by atoms with Gasteiger partial charge < -0.3 is 40.7 Å². The highest BCUT2D eigenvalue weighted by atomic mass is 16.5. The number of nitrogens with one attached hydrogen (secondary N) is 3. The molecular weight excluding hydrogens is 749 g/mol. The van der Waals surface area contributed by atoms with E-state index < -0.39 is 0 Å². The first-order chi connectivity index (χ1) is 28.7. The van der Waals surface area contributed by atoms with Gasteiger partial charge in [-0.05, 0) is 105 Å². The van der Waals surface area contributed by atoms with E-state index in [2.05, 4.69) is 48.5 Å². The van der Waals surface area contributed by atoms with Gasteiger partial charge in [-0.2, -0.15) is 5.26 Å². The van der Waals surface area contributed by atoms with Crippen molar-refractivity contribution >= 4 is 46.3 Å². The van der Waals surface area contributed by atoms with E-state index in [1.807, 2.05) is 30.3 Å². The molecule has 5 N–H and O–H groups in total. The number of primary amides is 1. The second-order valence-corrected chi connectivity index (χ2v) is 15.4. The first-order valence-electron chi connectivity index (χ1n) is 20.6. The smallest absolute Gasteiger partial charge is 0.251 e. The van der Waals surface area contributed by atoms with Crippen molar-refractivity contribution < 1.29 is 23.9 Å². The summed E-state index contributed by atoms with van der Waals surface area (Å²) >= 11 is 0. The summed E-state index contributed by atoms with van der Waals surface area (Å²) in [5.41, 5.74) is 11.2. The molecule has 0 atom stereocenters. The standard InChI is InChI=1S/C25H31N5O2.C14H12N2O2.C6H11NO2/c26-24(31)19-1-3-21(4-2-19)29-9-7-18(8-10-29)17-28-11-13-30(14-12-28)22-5-6-23-20(15-22)16-27-25(23)32;15-8-9-4-5-12(18-10-2-1-3-10)13-11(17)6-7-16-14(9)13;1-7-6(9)4-2-3-5-8/h1-6,15,18H,7-14,16-17H2,(H2,26,31)(H,27,32);4-7,10H,1-3H2,(H,16,17);5H,2-4H2,1H3,(H,7,9). The number of aromatic amines is 1. The van der Waals surface area contributed by atoms with Gasteiger partial charge in [0.25, 0.3) is 5.91 Å². The first-order valence-corrected chi connectivity index (χ1v) is 20.6. The van der Waals surface area contributed by atoms with Crippen LogP contribution in [0.15, 0.2) is 71.7 Å². The van der Waals surface area contributed by atoms with E-state index in [4.69, 9.17) is 15.7 Å². The van der Waals surface area contributed by atoms with Crippen LogP contribution in [0.5, 0.6) is 5.75 Å². The summed E-state index contributed by atoms with van der Waals surface area (Å²) in [6, 6.07) is 20.8. The maximum absolute atomic E-state index is 11.9. The number of pyridine rings is 1. The molecule has 14 nitrogen and oxygen atoms in total. The number of carbonyl (C=O) groups excluding carboxylic acids is 4. The molecule has 0 bridgehead atoms. The minimum atomic E-state index is -0.376. The van der Waals surface area contributed by atoms with Crippen LogP contribution in [0.1, 0.15) is 83.2 Å². The zero-order valence-electron chi connectivity index (χ0n) is 33.7. The lowest BCUT2D eigenvalue weighted by Gasteiger charge is -2.40. The molecule has 3 aromatic carbocycles. The number of fused-ring (bicyclic) bond motifs is 2. The number of benzene rings is 3. The normalized spacial score (nSPS) is 16.6. The van der Waals surface area contributed by atoms with Crippen LogP contribution in [-0.2, 0) is 16.1 Å². The maximum Gasteiger partial charge on any atom is 0.251 e. The van der Waals surface area contributed by atoms with Gasteiger partial charge in [-0.15, -0.1) is 0 Å². The monoisotopic (exact) mass is 802 g/mol. The maximum atomic E-state index is 11.9. The second-order valence-electron chi connectivity index (χ2n) is 15.4. The molecule has 0 spiro atoms. The molecule has 2 saturated heterocycles. The summed E-state index contributed by atoms with van der Waals surface area (Å²) in [5, 5.41) is 14.9. The molecule has 1 saturated carbocycles. The highest BCUT2D eigenvalue weighted by Gasteiger charge is 2.26. The topological polar surface area (TPSA) is 194 Å². The lowest BCUT2D eigenvalue weighted by molar-refractivity contribution is -0.120. The number of nitrogens with zero attached hydrogens (tertiary/aromatic N) is 4. The molecule has 4 heterocycles. The Morgan fingerprint density at radius 2 is 1.64 bits per heavy atom.